The molecule has 0 aliphatic heterocycles. The summed E-state index contributed by atoms with van der Waals surface area (Å²) in [6.45, 7) is 0. The Labute approximate surface area is 91.8 Å². The van der Waals surface area contributed by atoms with E-state index < -0.39 is 0 Å². The lowest BCUT2D eigenvalue weighted by Gasteiger charge is -1.96. The maximum absolute atomic E-state index is 11.7. The van der Waals surface area contributed by atoms with Crippen LogP contribution >= 0.6 is 23.7 Å². The molecule has 0 unspecified atom stereocenters. The highest BCUT2D eigenvalue weighted by atomic mass is 35.5. The normalized spacial score (nSPS) is 9.50. The van der Waals surface area contributed by atoms with Crippen molar-refractivity contribution in [3.8, 4) is 0 Å². The molecule has 0 aromatic carbocycles. The second-order valence-corrected chi connectivity index (χ2v) is 3.62. The van der Waals surface area contributed by atoms with Gasteiger partial charge in [-0.1, -0.05) is 6.07 Å². The summed E-state index contributed by atoms with van der Waals surface area (Å²) in [6.07, 6.45) is 3.39. The van der Waals surface area contributed by atoms with Crippen molar-refractivity contribution in [3.63, 3.8) is 0 Å². The van der Waals surface area contributed by atoms with E-state index in [1.54, 1.807) is 17.0 Å². The van der Waals surface area contributed by atoms with Gasteiger partial charge in [0.2, 0.25) is 5.78 Å². The van der Waals surface area contributed by atoms with Gasteiger partial charge >= 0.3 is 0 Å². The van der Waals surface area contributed by atoms with Crippen LogP contribution < -0.4 is 0 Å². The summed E-state index contributed by atoms with van der Waals surface area (Å²) < 4.78 is 1.72. The zero-order valence-electron chi connectivity index (χ0n) is 7.51. The van der Waals surface area contributed by atoms with Gasteiger partial charge < -0.3 is 4.57 Å². The molecule has 0 radical (unpaired) electrons. The lowest BCUT2D eigenvalue weighted by molar-refractivity contribution is 0.103. The number of carbonyl (C=O) groups is 1. The highest BCUT2D eigenvalue weighted by Crippen LogP contribution is 2.13. The fourth-order valence-corrected chi connectivity index (χ4v) is 1.76. The van der Waals surface area contributed by atoms with Crippen molar-refractivity contribution in [1.82, 2.24) is 9.55 Å². The van der Waals surface area contributed by atoms with Gasteiger partial charge in [-0.05, 0) is 11.4 Å². The Morgan fingerprint density at radius 2 is 2.36 bits per heavy atom. The molecule has 2 aromatic heterocycles. The van der Waals surface area contributed by atoms with E-state index in [2.05, 4.69) is 4.98 Å². The van der Waals surface area contributed by atoms with E-state index in [0.29, 0.717) is 5.82 Å². The number of halogens is 1. The van der Waals surface area contributed by atoms with Gasteiger partial charge in [0.1, 0.15) is 0 Å². The van der Waals surface area contributed by atoms with Crippen molar-refractivity contribution in [2.24, 2.45) is 7.05 Å². The minimum Gasteiger partial charge on any atom is -0.331 e. The second kappa shape index (κ2) is 4.39. The van der Waals surface area contributed by atoms with Crippen molar-refractivity contribution in [2.75, 3.05) is 0 Å². The molecular formula is C9H9ClN2OS. The third-order valence-corrected chi connectivity index (χ3v) is 2.64. The summed E-state index contributed by atoms with van der Waals surface area (Å²) in [4.78, 5) is 16.4. The zero-order valence-corrected chi connectivity index (χ0v) is 9.14. The maximum Gasteiger partial charge on any atom is 0.238 e. The Morgan fingerprint density at radius 3 is 2.86 bits per heavy atom. The van der Waals surface area contributed by atoms with Crippen LogP contribution in [0.2, 0.25) is 0 Å². The first-order chi connectivity index (χ1) is 6.29. The Bertz CT molecular complexity index is 422. The van der Waals surface area contributed by atoms with Crippen molar-refractivity contribution in [2.45, 2.75) is 0 Å². The van der Waals surface area contributed by atoms with Crippen molar-refractivity contribution >= 4 is 29.5 Å². The Morgan fingerprint density at radius 1 is 1.57 bits per heavy atom. The van der Waals surface area contributed by atoms with Gasteiger partial charge in [0.25, 0.3) is 0 Å². The van der Waals surface area contributed by atoms with Gasteiger partial charge in [-0.3, -0.25) is 4.79 Å². The third-order valence-electron chi connectivity index (χ3n) is 1.77. The van der Waals surface area contributed by atoms with Gasteiger partial charge in [0.15, 0.2) is 5.82 Å². The van der Waals surface area contributed by atoms with Crippen molar-refractivity contribution in [3.05, 3.63) is 40.6 Å². The molecule has 0 saturated carbocycles. The molecule has 0 amide bonds. The molecule has 14 heavy (non-hydrogen) atoms. The summed E-state index contributed by atoms with van der Waals surface area (Å²) in [5.41, 5.74) is 0. The Kier molecular flexibility index (Phi) is 3.43. The molecule has 0 saturated heterocycles. The first-order valence-electron chi connectivity index (χ1n) is 3.84. The van der Waals surface area contributed by atoms with Gasteiger partial charge in [-0.25, -0.2) is 4.98 Å². The first-order valence-corrected chi connectivity index (χ1v) is 4.72. The van der Waals surface area contributed by atoms with Crippen molar-refractivity contribution < 1.29 is 4.79 Å². The number of aromatic nitrogens is 2. The van der Waals surface area contributed by atoms with Crippen LogP contribution in [0.4, 0.5) is 0 Å². The number of hydrogen-bond donors (Lipinski definition) is 0. The highest BCUT2D eigenvalue weighted by Gasteiger charge is 2.13. The summed E-state index contributed by atoms with van der Waals surface area (Å²) >= 11 is 1.44. The quantitative estimate of drug-likeness (QED) is 0.739. The van der Waals surface area contributed by atoms with E-state index in [1.165, 1.54) is 11.3 Å². The van der Waals surface area contributed by atoms with Crippen LogP contribution in [-0.4, -0.2) is 15.3 Å². The summed E-state index contributed by atoms with van der Waals surface area (Å²) in [6, 6.07) is 3.67. The second-order valence-electron chi connectivity index (χ2n) is 2.67. The van der Waals surface area contributed by atoms with E-state index in [1.807, 2.05) is 24.6 Å². The molecule has 0 spiro atoms. The molecule has 74 valence electrons. The van der Waals surface area contributed by atoms with Crippen LogP contribution in [0.25, 0.3) is 0 Å². The van der Waals surface area contributed by atoms with Crippen LogP contribution in [0.3, 0.4) is 0 Å². The standard InChI is InChI=1S/C9H8N2OS.ClH/c1-11-5-4-10-9(11)8(12)7-3-2-6-13-7;/h2-6H,1H3;1H. The number of carbonyl (C=O) groups excluding carboxylic acids is 1. The number of aryl methyl sites for hydroxylation is 1. The fraction of sp³-hybridized carbons (Fsp3) is 0.111. The minimum absolute atomic E-state index is 0. The van der Waals surface area contributed by atoms with Crippen LogP contribution in [0, 0.1) is 0 Å². The molecule has 0 fully saturated rings. The van der Waals surface area contributed by atoms with Crippen LogP contribution in [-0.2, 0) is 7.05 Å². The van der Waals surface area contributed by atoms with Gasteiger partial charge in [0, 0.05) is 19.4 Å². The predicted molar refractivity (Wildman–Crippen MR) is 58.2 cm³/mol. The maximum atomic E-state index is 11.7. The summed E-state index contributed by atoms with van der Waals surface area (Å²) in [5.74, 6) is 0.477. The zero-order chi connectivity index (χ0) is 9.26. The van der Waals surface area contributed by atoms with Crippen LogP contribution in [0.1, 0.15) is 15.5 Å². The number of thiophene rings is 1. The first kappa shape index (κ1) is 10.9. The lowest BCUT2D eigenvalue weighted by Crippen LogP contribution is -2.06. The lowest BCUT2D eigenvalue weighted by atomic mass is 10.3. The summed E-state index contributed by atoms with van der Waals surface area (Å²) in [7, 11) is 1.81. The fourth-order valence-electron chi connectivity index (χ4n) is 1.10. The number of imidazole rings is 1. The topological polar surface area (TPSA) is 34.9 Å². The van der Waals surface area contributed by atoms with E-state index >= 15 is 0 Å². The monoisotopic (exact) mass is 228 g/mol. The molecule has 0 atom stereocenters. The largest absolute Gasteiger partial charge is 0.331 e. The molecule has 2 rings (SSSR count). The van der Waals surface area contributed by atoms with Crippen LogP contribution in [0.5, 0.6) is 0 Å². The number of nitrogens with zero attached hydrogens (tertiary/aromatic N) is 2. The minimum atomic E-state index is -0.0116. The van der Waals surface area contributed by atoms with E-state index in [9.17, 15) is 4.79 Å². The summed E-state index contributed by atoms with van der Waals surface area (Å²) in [5, 5.41) is 1.89. The average molecular weight is 229 g/mol. The predicted octanol–water partition coefficient (Wildman–Crippen LogP) is 2.13. The SMILES string of the molecule is Cl.Cn1ccnc1C(=O)c1cccs1. The van der Waals surface area contributed by atoms with Crippen molar-refractivity contribution in [1.29, 1.82) is 0 Å². The Balaban J connectivity index is 0.000000980. The molecular weight excluding hydrogens is 220 g/mol. The molecule has 0 bridgehead atoms. The molecule has 3 nitrogen and oxygen atoms in total. The molecule has 0 aliphatic rings. The van der Waals surface area contributed by atoms with E-state index in [0.717, 1.165) is 4.88 Å². The van der Waals surface area contributed by atoms with Gasteiger partial charge in [-0.2, -0.15) is 0 Å². The number of ketones is 1. The molecule has 0 N–H and O–H groups in total. The molecule has 5 heteroatoms. The Hall–Kier alpha value is -1.13. The molecule has 2 heterocycles. The number of rotatable bonds is 2. The van der Waals surface area contributed by atoms with E-state index in [-0.39, 0.29) is 18.2 Å². The highest BCUT2D eigenvalue weighted by molar-refractivity contribution is 7.12. The van der Waals surface area contributed by atoms with E-state index in [4.69, 9.17) is 0 Å². The third kappa shape index (κ3) is 1.86. The smallest absolute Gasteiger partial charge is 0.238 e. The van der Waals surface area contributed by atoms with Gasteiger partial charge in [-0.15, -0.1) is 23.7 Å². The molecule has 2 aromatic rings. The average Bonchev–Trinajstić information content (AvgIpc) is 2.72. The molecule has 0 aliphatic carbocycles. The van der Waals surface area contributed by atoms with Gasteiger partial charge in [0.05, 0.1) is 4.88 Å². The number of hydrogen-bond acceptors (Lipinski definition) is 3. The van der Waals surface area contributed by atoms with Crippen LogP contribution in [0.15, 0.2) is 29.9 Å².